The number of ether oxygens (including phenoxy) is 1. The van der Waals surface area contributed by atoms with E-state index in [-0.39, 0.29) is 12.1 Å². The Hall–Kier alpha value is -1.62. The van der Waals surface area contributed by atoms with Crippen molar-refractivity contribution in [3.63, 3.8) is 0 Å². The number of rotatable bonds is 3. The zero-order valence-corrected chi connectivity index (χ0v) is 10.7. The molecule has 0 fully saturated rings. The summed E-state index contributed by atoms with van der Waals surface area (Å²) < 4.78 is 10.4. The van der Waals surface area contributed by atoms with E-state index in [1.54, 1.807) is 13.0 Å². The van der Waals surface area contributed by atoms with E-state index < -0.39 is 0 Å². The van der Waals surface area contributed by atoms with Crippen molar-refractivity contribution in [2.75, 3.05) is 0 Å². The molecular formula is C12H13NO3S. The third-order valence-corrected chi connectivity index (χ3v) is 3.47. The van der Waals surface area contributed by atoms with Crippen molar-refractivity contribution in [2.45, 2.75) is 26.9 Å². The normalized spacial score (nSPS) is 12.4. The summed E-state index contributed by atoms with van der Waals surface area (Å²) in [5, 5.41) is 2.74. The molecule has 0 saturated heterocycles. The van der Waals surface area contributed by atoms with Gasteiger partial charge < -0.3 is 9.15 Å². The lowest BCUT2D eigenvalue weighted by molar-refractivity contribution is 0.0335. The number of carbonyl (C=O) groups excluding carboxylic acids is 1. The van der Waals surface area contributed by atoms with Crippen LogP contribution in [0.2, 0.25) is 0 Å². The Morgan fingerprint density at radius 1 is 1.53 bits per heavy atom. The van der Waals surface area contributed by atoms with Crippen molar-refractivity contribution in [3.8, 4) is 0 Å². The highest BCUT2D eigenvalue weighted by Gasteiger charge is 2.18. The second-order valence-corrected chi connectivity index (χ2v) is 4.65. The number of nitrogens with zero attached hydrogens (tertiary/aromatic N) is 1. The van der Waals surface area contributed by atoms with Gasteiger partial charge in [-0.15, -0.1) is 11.3 Å². The monoisotopic (exact) mass is 251 g/mol. The van der Waals surface area contributed by atoms with Crippen LogP contribution in [0.5, 0.6) is 0 Å². The van der Waals surface area contributed by atoms with Crippen LogP contribution >= 0.6 is 11.3 Å². The number of aromatic nitrogens is 1. The van der Waals surface area contributed by atoms with Gasteiger partial charge in [0.1, 0.15) is 16.3 Å². The molecule has 0 unspecified atom stereocenters. The predicted molar refractivity (Wildman–Crippen MR) is 64.1 cm³/mol. The minimum atomic E-state index is -0.378. The van der Waals surface area contributed by atoms with E-state index in [0.29, 0.717) is 11.3 Å². The van der Waals surface area contributed by atoms with E-state index in [2.05, 4.69) is 4.98 Å². The first-order valence-electron chi connectivity index (χ1n) is 5.25. The number of aryl methyl sites for hydroxylation is 2. The lowest BCUT2D eigenvalue weighted by atomic mass is 10.2. The van der Waals surface area contributed by atoms with Gasteiger partial charge in [0.15, 0.2) is 6.10 Å². The third-order valence-electron chi connectivity index (χ3n) is 2.35. The van der Waals surface area contributed by atoms with Gasteiger partial charge in [-0.2, -0.15) is 0 Å². The van der Waals surface area contributed by atoms with Crippen molar-refractivity contribution < 1.29 is 13.9 Å². The summed E-state index contributed by atoms with van der Waals surface area (Å²) in [5.41, 5.74) is 1.40. The SMILES string of the molecule is Cc1csc([C@H](C)OC(=O)c2ccoc2C)n1. The number of esters is 1. The molecule has 0 radical (unpaired) electrons. The van der Waals surface area contributed by atoms with Gasteiger partial charge in [0, 0.05) is 11.1 Å². The van der Waals surface area contributed by atoms with Crippen molar-refractivity contribution in [2.24, 2.45) is 0 Å². The molecule has 0 bridgehead atoms. The summed E-state index contributed by atoms with van der Waals surface area (Å²) in [7, 11) is 0. The molecule has 2 aromatic rings. The van der Waals surface area contributed by atoms with Crippen molar-refractivity contribution in [3.05, 3.63) is 39.7 Å². The molecule has 0 aromatic carbocycles. The first-order valence-corrected chi connectivity index (χ1v) is 6.13. The zero-order valence-electron chi connectivity index (χ0n) is 9.89. The van der Waals surface area contributed by atoms with Gasteiger partial charge in [-0.1, -0.05) is 0 Å². The van der Waals surface area contributed by atoms with Gasteiger partial charge >= 0.3 is 5.97 Å². The number of carbonyl (C=O) groups is 1. The molecule has 2 rings (SSSR count). The molecule has 0 aliphatic rings. The predicted octanol–water partition coefficient (Wildman–Crippen LogP) is 3.27. The van der Waals surface area contributed by atoms with Gasteiger partial charge in [0.2, 0.25) is 0 Å². The average molecular weight is 251 g/mol. The molecule has 2 heterocycles. The summed E-state index contributed by atoms with van der Waals surface area (Å²) in [5.74, 6) is 0.189. The molecule has 4 nitrogen and oxygen atoms in total. The molecule has 2 aromatic heterocycles. The first-order chi connectivity index (χ1) is 8.08. The maximum absolute atomic E-state index is 11.8. The van der Waals surface area contributed by atoms with Gasteiger partial charge in [0.05, 0.1) is 6.26 Å². The molecule has 0 spiro atoms. The highest BCUT2D eigenvalue weighted by molar-refractivity contribution is 7.09. The summed E-state index contributed by atoms with van der Waals surface area (Å²) >= 11 is 1.49. The van der Waals surface area contributed by atoms with Gasteiger partial charge in [-0.3, -0.25) is 0 Å². The lowest BCUT2D eigenvalue weighted by Crippen LogP contribution is -2.09. The van der Waals surface area contributed by atoms with E-state index in [1.165, 1.54) is 17.6 Å². The van der Waals surface area contributed by atoms with Crippen molar-refractivity contribution >= 4 is 17.3 Å². The maximum atomic E-state index is 11.8. The second kappa shape index (κ2) is 4.71. The highest BCUT2D eigenvalue weighted by Crippen LogP contribution is 2.23. The number of hydrogen-bond acceptors (Lipinski definition) is 5. The second-order valence-electron chi connectivity index (χ2n) is 3.77. The Bertz CT molecular complexity index is 529. The van der Waals surface area contributed by atoms with Crippen LogP contribution in [0.4, 0.5) is 0 Å². The van der Waals surface area contributed by atoms with Crippen LogP contribution in [0.25, 0.3) is 0 Å². The quantitative estimate of drug-likeness (QED) is 0.785. The fourth-order valence-corrected chi connectivity index (χ4v) is 2.21. The summed E-state index contributed by atoms with van der Waals surface area (Å²) in [6, 6.07) is 1.61. The van der Waals surface area contributed by atoms with Gasteiger partial charge in [0.25, 0.3) is 0 Å². The van der Waals surface area contributed by atoms with Crippen LogP contribution in [-0.4, -0.2) is 11.0 Å². The molecule has 0 aliphatic heterocycles. The van der Waals surface area contributed by atoms with Gasteiger partial charge in [-0.05, 0) is 26.8 Å². The van der Waals surface area contributed by atoms with Crippen LogP contribution in [0.1, 0.15) is 39.8 Å². The van der Waals surface area contributed by atoms with E-state index in [0.717, 1.165) is 10.7 Å². The third kappa shape index (κ3) is 2.55. The Morgan fingerprint density at radius 3 is 2.82 bits per heavy atom. The molecule has 5 heteroatoms. The molecule has 0 amide bonds. The lowest BCUT2D eigenvalue weighted by Gasteiger charge is -2.09. The molecule has 0 saturated carbocycles. The highest BCUT2D eigenvalue weighted by atomic mass is 32.1. The summed E-state index contributed by atoms with van der Waals surface area (Å²) in [6.07, 6.45) is 1.14. The number of hydrogen-bond donors (Lipinski definition) is 0. The Morgan fingerprint density at radius 2 is 2.29 bits per heavy atom. The van der Waals surface area contributed by atoms with Crippen LogP contribution in [-0.2, 0) is 4.74 Å². The van der Waals surface area contributed by atoms with Gasteiger partial charge in [-0.25, -0.2) is 9.78 Å². The van der Waals surface area contributed by atoms with Crippen LogP contribution in [0, 0.1) is 13.8 Å². The average Bonchev–Trinajstić information content (AvgIpc) is 2.86. The Labute approximate surface area is 103 Å². The fraction of sp³-hybridized carbons (Fsp3) is 0.333. The van der Waals surface area contributed by atoms with E-state index in [1.807, 2.05) is 19.2 Å². The van der Waals surface area contributed by atoms with E-state index in [4.69, 9.17) is 9.15 Å². The molecule has 17 heavy (non-hydrogen) atoms. The van der Waals surface area contributed by atoms with Crippen LogP contribution in [0.3, 0.4) is 0 Å². The molecule has 1 atom stereocenters. The van der Waals surface area contributed by atoms with E-state index >= 15 is 0 Å². The topological polar surface area (TPSA) is 52.3 Å². The number of furan rings is 1. The molecule has 90 valence electrons. The van der Waals surface area contributed by atoms with E-state index in [9.17, 15) is 4.79 Å². The molecule has 0 aliphatic carbocycles. The first kappa shape index (κ1) is 11.9. The van der Waals surface area contributed by atoms with Crippen LogP contribution in [0.15, 0.2) is 22.1 Å². The summed E-state index contributed by atoms with van der Waals surface area (Å²) in [6.45, 7) is 5.45. The molecular weight excluding hydrogens is 238 g/mol. The Kier molecular flexibility index (Phi) is 3.28. The number of thiazole rings is 1. The minimum Gasteiger partial charge on any atom is -0.469 e. The Balaban J connectivity index is 2.07. The van der Waals surface area contributed by atoms with Crippen molar-refractivity contribution in [1.82, 2.24) is 4.98 Å². The fourth-order valence-electron chi connectivity index (χ4n) is 1.43. The molecule has 0 N–H and O–H groups in total. The maximum Gasteiger partial charge on any atom is 0.342 e. The zero-order chi connectivity index (χ0) is 12.4. The smallest absolute Gasteiger partial charge is 0.342 e. The van der Waals surface area contributed by atoms with Crippen molar-refractivity contribution in [1.29, 1.82) is 0 Å². The van der Waals surface area contributed by atoms with Crippen LogP contribution < -0.4 is 0 Å². The standard InChI is InChI=1S/C12H13NO3S/c1-7-6-17-11(13-7)9(3)16-12(14)10-4-5-15-8(10)2/h4-6,9H,1-3H3/t9-/m0/s1. The minimum absolute atomic E-state index is 0.338. The largest absolute Gasteiger partial charge is 0.469 e. The summed E-state index contributed by atoms with van der Waals surface area (Å²) in [4.78, 5) is 16.1.